The Labute approximate surface area is 79.1 Å². The number of hydrogen-bond donors (Lipinski definition) is 2. The van der Waals surface area contributed by atoms with E-state index in [9.17, 15) is 0 Å². The van der Waals surface area contributed by atoms with E-state index in [1.807, 2.05) is 0 Å². The molecule has 1 atom stereocenters. The third-order valence-corrected chi connectivity index (χ3v) is 2.64. The van der Waals surface area contributed by atoms with E-state index in [2.05, 4.69) is 30.4 Å². The van der Waals surface area contributed by atoms with Crippen molar-refractivity contribution < 1.29 is 0 Å². The number of hydrogen-bond acceptors (Lipinski definition) is 2. The minimum atomic E-state index is 0.277. The summed E-state index contributed by atoms with van der Waals surface area (Å²) in [6, 6.07) is 6.75. The van der Waals surface area contributed by atoms with Gasteiger partial charge in [0, 0.05) is 18.3 Å². The van der Waals surface area contributed by atoms with E-state index < -0.39 is 0 Å². The fourth-order valence-corrected chi connectivity index (χ4v) is 1.93. The number of fused-ring (bicyclic) bond motifs is 1. The Morgan fingerprint density at radius 1 is 1.54 bits per heavy atom. The molecule has 1 aromatic rings. The lowest BCUT2D eigenvalue weighted by molar-refractivity contribution is 0.677. The predicted molar refractivity (Wildman–Crippen MR) is 56.0 cm³/mol. The summed E-state index contributed by atoms with van der Waals surface area (Å²) in [7, 11) is 0. The highest BCUT2D eigenvalue weighted by Crippen LogP contribution is 2.25. The number of nitrogens with one attached hydrogen (secondary N) is 1. The van der Waals surface area contributed by atoms with E-state index in [-0.39, 0.29) is 6.04 Å². The van der Waals surface area contributed by atoms with Crippen molar-refractivity contribution in [2.75, 3.05) is 11.9 Å². The Bertz CT molecular complexity index is 307. The quantitative estimate of drug-likeness (QED) is 0.681. The van der Waals surface area contributed by atoms with Crippen LogP contribution in [0, 0.1) is 0 Å². The maximum absolute atomic E-state index is 5.88. The zero-order chi connectivity index (χ0) is 9.26. The first-order valence-electron chi connectivity index (χ1n) is 4.91. The number of anilines is 1. The summed E-state index contributed by atoms with van der Waals surface area (Å²) in [4.78, 5) is 0. The molecule has 0 radical (unpaired) electrons. The molecule has 1 aliphatic rings. The van der Waals surface area contributed by atoms with Crippen LogP contribution in [0.2, 0.25) is 0 Å². The fraction of sp³-hybridized carbons (Fsp3) is 0.455. The van der Waals surface area contributed by atoms with Crippen LogP contribution in [0.3, 0.4) is 0 Å². The van der Waals surface area contributed by atoms with E-state index >= 15 is 0 Å². The molecule has 1 aliphatic heterocycles. The Morgan fingerprint density at radius 2 is 2.38 bits per heavy atom. The molecule has 0 amide bonds. The van der Waals surface area contributed by atoms with Crippen LogP contribution in [0.1, 0.15) is 18.1 Å². The van der Waals surface area contributed by atoms with Gasteiger partial charge in [-0.2, -0.15) is 0 Å². The van der Waals surface area contributed by atoms with E-state index in [1.54, 1.807) is 0 Å². The first kappa shape index (κ1) is 8.57. The monoisotopic (exact) mass is 176 g/mol. The zero-order valence-corrected chi connectivity index (χ0v) is 8.01. The van der Waals surface area contributed by atoms with Crippen molar-refractivity contribution in [3.63, 3.8) is 0 Å². The second-order valence-corrected chi connectivity index (χ2v) is 3.65. The van der Waals surface area contributed by atoms with E-state index in [0.717, 1.165) is 19.4 Å². The summed E-state index contributed by atoms with van der Waals surface area (Å²) < 4.78 is 0. The second kappa shape index (κ2) is 3.38. The molecule has 0 aliphatic carbocycles. The molecule has 0 saturated carbocycles. The van der Waals surface area contributed by atoms with Gasteiger partial charge in [-0.3, -0.25) is 0 Å². The van der Waals surface area contributed by atoms with Gasteiger partial charge in [0.15, 0.2) is 0 Å². The average Bonchev–Trinajstić information content (AvgIpc) is 2.16. The molecular weight excluding hydrogens is 160 g/mol. The molecule has 0 saturated heterocycles. The summed E-state index contributed by atoms with van der Waals surface area (Å²) in [5.74, 6) is 0. The van der Waals surface area contributed by atoms with Gasteiger partial charge < -0.3 is 11.1 Å². The third kappa shape index (κ3) is 1.54. The molecule has 2 rings (SSSR count). The second-order valence-electron chi connectivity index (χ2n) is 3.65. The first-order valence-corrected chi connectivity index (χ1v) is 4.91. The van der Waals surface area contributed by atoms with E-state index in [0.29, 0.717) is 0 Å². The normalized spacial score (nSPS) is 20.6. The molecule has 70 valence electrons. The summed E-state index contributed by atoms with van der Waals surface area (Å²) in [6.07, 6.45) is 2.10. The molecule has 1 heterocycles. The Balaban J connectivity index is 2.39. The molecule has 1 aromatic carbocycles. The first-order chi connectivity index (χ1) is 6.31. The molecule has 0 bridgehead atoms. The van der Waals surface area contributed by atoms with E-state index in [4.69, 9.17) is 5.73 Å². The number of rotatable bonds is 1. The topological polar surface area (TPSA) is 38.0 Å². The molecule has 3 N–H and O–H groups in total. The number of benzene rings is 1. The van der Waals surface area contributed by atoms with Crippen molar-refractivity contribution in [2.45, 2.75) is 25.8 Å². The maximum Gasteiger partial charge on any atom is 0.0406 e. The van der Waals surface area contributed by atoms with Crippen LogP contribution in [0.4, 0.5) is 5.69 Å². The van der Waals surface area contributed by atoms with Gasteiger partial charge in [0.25, 0.3) is 0 Å². The van der Waals surface area contributed by atoms with Gasteiger partial charge in [-0.25, -0.2) is 0 Å². The van der Waals surface area contributed by atoms with Gasteiger partial charge in [-0.15, -0.1) is 0 Å². The summed E-state index contributed by atoms with van der Waals surface area (Å²) in [5.41, 5.74) is 9.98. The summed E-state index contributed by atoms with van der Waals surface area (Å²) >= 11 is 0. The highest BCUT2D eigenvalue weighted by molar-refractivity contribution is 5.59. The predicted octanol–water partition coefficient (Wildman–Crippen LogP) is 1.54. The Hall–Kier alpha value is -1.02. The van der Waals surface area contributed by atoms with Crippen LogP contribution in [-0.4, -0.2) is 12.6 Å². The van der Waals surface area contributed by atoms with Gasteiger partial charge in [0.1, 0.15) is 0 Å². The molecule has 2 nitrogen and oxygen atoms in total. The Kier molecular flexibility index (Phi) is 2.23. The van der Waals surface area contributed by atoms with Crippen molar-refractivity contribution in [3.8, 4) is 0 Å². The minimum Gasteiger partial charge on any atom is -0.383 e. The van der Waals surface area contributed by atoms with Crippen molar-refractivity contribution in [1.29, 1.82) is 0 Å². The van der Waals surface area contributed by atoms with Crippen LogP contribution in [0.25, 0.3) is 0 Å². The van der Waals surface area contributed by atoms with Gasteiger partial charge in [0.05, 0.1) is 0 Å². The number of aryl methyl sites for hydroxylation is 1. The number of para-hydroxylation sites is 1. The van der Waals surface area contributed by atoms with Crippen molar-refractivity contribution >= 4 is 5.69 Å². The van der Waals surface area contributed by atoms with Crippen LogP contribution in [-0.2, 0) is 12.8 Å². The van der Waals surface area contributed by atoms with Crippen LogP contribution < -0.4 is 11.1 Å². The molecule has 0 spiro atoms. The average molecular weight is 176 g/mol. The maximum atomic E-state index is 5.88. The van der Waals surface area contributed by atoms with Crippen molar-refractivity contribution in [3.05, 3.63) is 29.3 Å². The molecule has 0 fully saturated rings. The smallest absolute Gasteiger partial charge is 0.0406 e. The lowest BCUT2D eigenvalue weighted by Crippen LogP contribution is -2.35. The molecule has 0 aromatic heterocycles. The Morgan fingerprint density at radius 3 is 3.15 bits per heavy atom. The molecule has 1 unspecified atom stereocenters. The van der Waals surface area contributed by atoms with Gasteiger partial charge >= 0.3 is 0 Å². The van der Waals surface area contributed by atoms with E-state index in [1.165, 1.54) is 16.8 Å². The highest BCUT2D eigenvalue weighted by atomic mass is 14.9. The molecular formula is C11H16N2. The van der Waals surface area contributed by atoms with Gasteiger partial charge in [-0.05, 0) is 24.0 Å². The van der Waals surface area contributed by atoms with Crippen LogP contribution >= 0.6 is 0 Å². The zero-order valence-electron chi connectivity index (χ0n) is 8.01. The van der Waals surface area contributed by atoms with Crippen LogP contribution in [0.15, 0.2) is 18.2 Å². The van der Waals surface area contributed by atoms with Gasteiger partial charge in [-0.1, -0.05) is 25.1 Å². The minimum absolute atomic E-state index is 0.277. The van der Waals surface area contributed by atoms with Crippen LogP contribution in [0.5, 0.6) is 0 Å². The highest BCUT2D eigenvalue weighted by Gasteiger charge is 2.15. The summed E-state index contributed by atoms with van der Waals surface area (Å²) in [6.45, 7) is 3.09. The van der Waals surface area contributed by atoms with Crippen molar-refractivity contribution in [2.24, 2.45) is 5.73 Å². The lowest BCUT2D eigenvalue weighted by Gasteiger charge is -2.25. The molecule has 13 heavy (non-hydrogen) atoms. The molecule has 2 heteroatoms. The fourth-order valence-electron chi connectivity index (χ4n) is 1.93. The third-order valence-electron chi connectivity index (χ3n) is 2.64. The lowest BCUT2D eigenvalue weighted by atomic mass is 9.96. The van der Waals surface area contributed by atoms with Gasteiger partial charge in [0.2, 0.25) is 0 Å². The number of nitrogens with two attached hydrogens (primary N) is 1. The van der Waals surface area contributed by atoms with Crippen molar-refractivity contribution in [1.82, 2.24) is 0 Å². The largest absolute Gasteiger partial charge is 0.383 e. The SMILES string of the molecule is CCc1cccc2c1NCC(N)C2. The standard InChI is InChI=1S/C11H16N2/c1-2-8-4-3-5-9-6-10(12)7-13-11(8)9/h3-5,10,13H,2,6-7,12H2,1H3. The summed E-state index contributed by atoms with van der Waals surface area (Å²) in [5, 5.41) is 3.41.